The summed E-state index contributed by atoms with van der Waals surface area (Å²) in [4.78, 5) is 25.8. The summed E-state index contributed by atoms with van der Waals surface area (Å²) in [5.41, 5.74) is 3.05. The number of carboxylic acids is 1. The SMILES string of the molecule is C[C@H](Cc1c[nH]c2cc(C(=O)NCC(=O)O)ccc12)NC[C@H](O)c1cccc(Cl)c1. The number of aromatic nitrogens is 1. The molecule has 3 rings (SSSR count). The summed E-state index contributed by atoms with van der Waals surface area (Å²) in [6.07, 6.45) is 1.98. The molecule has 2 aromatic carbocycles. The van der Waals surface area contributed by atoms with Crippen LogP contribution in [0.5, 0.6) is 0 Å². The number of H-pyrrole nitrogens is 1. The molecule has 3 aromatic rings. The highest BCUT2D eigenvalue weighted by Gasteiger charge is 2.14. The quantitative estimate of drug-likeness (QED) is 0.359. The van der Waals surface area contributed by atoms with Crippen LogP contribution < -0.4 is 10.6 Å². The molecule has 1 amide bonds. The molecule has 0 spiro atoms. The molecular formula is C22H24ClN3O4. The number of aromatic amines is 1. The first-order valence-electron chi connectivity index (χ1n) is 9.60. The van der Waals surface area contributed by atoms with E-state index in [1.807, 2.05) is 31.3 Å². The number of carboxylic acid groups (broad SMARTS) is 1. The Hall–Kier alpha value is -2.87. The molecule has 0 saturated heterocycles. The number of aliphatic hydroxyl groups excluding tert-OH is 1. The minimum absolute atomic E-state index is 0.108. The molecule has 8 heteroatoms. The van der Waals surface area contributed by atoms with Gasteiger partial charge in [0.1, 0.15) is 6.54 Å². The lowest BCUT2D eigenvalue weighted by molar-refractivity contribution is -0.135. The van der Waals surface area contributed by atoms with Crippen molar-refractivity contribution in [1.29, 1.82) is 0 Å². The number of halogens is 1. The van der Waals surface area contributed by atoms with E-state index in [1.54, 1.807) is 24.3 Å². The summed E-state index contributed by atoms with van der Waals surface area (Å²) in [5.74, 6) is -1.52. The second-order valence-electron chi connectivity index (χ2n) is 7.23. The minimum atomic E-state index is -1.09. The van der Waals surface area contributed by atoms with Crippen LogP contribution in [-0.2, 0) is 11.2 Å². The molecule has 1 heterocycles. The molecular weight excluding hydrogens is 406 g/mol. The Morgan fingerprint density at radius 3 is 2.73 bits per heavy atom. The van der Waals surface area contributed by atoms with Crippen LogP contribution in [0.2, 0.25) is 5.02 Å². The van der Waals surface area contributed by atoms with E-state index >= 15 is 0 Å². The Kier molecular flexibility index (Phi) is 7.10. The summed E-state index contributed by atoms with van der Waals surface area (Å²) >= 11 is 5.98. The molecule has 0 aliphatic carbocycles. The van der Waals surface area contributed by atoms with Gasteiger partial charge in [-0.05, 0) is 48.7 Å². The Balaban J connectivity index is 1.60. The average Bonchev–Trinajstić information content (AvgIpc) is 3.12. The van der Waals surface area contributed by atoms with Crippen LogP contribution in [0.15, 0.2) is 48.7 Å². The number of aliphatic hydroxyl groups is 1. The number of carbonyl (C=O) groups is 2. The lowest BCUT2D eigenvalue weighted by Crippen LogP contribution is -2.32. The van der Waals surface area contributed by atoms with Crippen LogP contribution in [0.1, 0.15) is 34.5 Å². The van der Waals surface area contributed by atoms with Gasteiger partial charge in [0.2, 0.25) is 0 Å². The molecule has 1 aromatic heterocycles. The molecule has 0 aliphatic rings. The molecule has 0 saturated carbocycles. The first-order valence-corrected chi connectivity index (χ1v) is 9.98. The van der Waals surface area contributed by atoms with E-state index in [0.717, 1.165) is 28.5 Å². The number of amides is 1. The number of aliphatic carboxylic acids is 1. The van der Waals surface area contributed by atoms with Gasteiger partial charge >= 0.3 is 5.97 Å². The van der Waals surface area contributed by atoms with E-state index in [2.05, 4.69) is 15.6 Å². The summed E-state index contributed by atoms with van der Waals surface area (Å²) in [5, 5.41) is 26.3. The number of carbonyl (C=O) groups excluding carboxylic acids is 1. The first-order chi connectivity index (χ1) is 14.3. The number of hydrogen-bond acceptors (Lipinski definition) is 4. The highest BCUT2D eigenvalue weighted by molar-refractivity contribution is 6.30. The maximum atomic E-state index is 12.0. The molecule has 2 atom stereocenters. The molecule has 5 N–H and O–H groups in total. The highest BCUT2D eigenvalue weighted by atomic mass is 35.5. The number of rotatable bonds is 9. The zero-order valence-corrected chi connectivity index (χ0v) is 17.2. The molecule has 158 valence electrons. The smallest absolute Gasteiger partial charge is 0.322 e. The van der Waals surface area contributed by atoms with Crippen molar-refractivity contribution in [3.63, 3.8) is 0 Å². The molecule has 7 nitrogen and oxygen atoms in total. The fraction of sp³-hybridized carbons (Fsp3) is 0.273. The van der Waals surface area contributed by atoms with Crippen LogP contribution in [0, 0.1) is 0 Å². The molecule has 0 radical (unpaired) electrons. The second kappa shape index (κ2) is 9.75. The monoisotopic (exact) mass is 429 g/mol. The molecule has 0 fully saturated rings. The summed E-state index contributed by atoms with van der Waals surface area (Å²) < 4.78 is 0. The van der Waals surface area contributed by atoms with Gasteiger partial charge in [0.25, 0.3) is 5.91 Å². The Bertz CT molecular complexity index is 1050. The van der Waals surface area contributed by atoms with Gasteiger partial charge in [0, 0.05) is 40.3 Å². The molecule has 0 aliphatic heterocycles. The minimum Gasteiger partial charge on any atom is -0.480 e. The van der Waals surface area contributed by atoms with Gasteiger partial charge in [-0.3, -0.25) is 9.59 Å². The Morgan fingerprint density at radius 2 is 2.00 bits per heavy atom. The summed E-state index contributed by atoms with van der Waals surface area (Å²) in [6.45, 7) is 2.02. The van der Waals surface area contributed by atoms with Crippen molar-refractivity contribution in [2.45, 2.75) is 25.5 Å². The van der Waals surface area contributed by atoms with Crippen molar-refractivity contribution in [2.24, 2.45) is 0 Å². The Morgan fingerprint density at radius 1 is 1.20 bits per heavy atom. The van der Waals surface area contributed by atoms with E-state index in [0.29, 0.717) is 17.1 Å². The number of hydrogen-bond donors (Lipinski definition) is 5. The van der Waals surface area contributed by atoms with Crippen molar-refractivity contribution in [3.05, 3.63) is 70.4 Å². The van der Waals surface area contributed by atoms with Crippen molar-refractivity contribution < 1.29 is 19.8 Å². The third-order valence-electron chi connectivity index (χ3n) is 4.85. The Labute approximate surface area is 179 Å². The fourth-order valence-corrected chi connectivity index (χ4v) is 3.50. The summed E-state index contributed by atoms with van der Waals surface area (Å²) in [7, 11) is 0. The fourth-order valence-electron chi connectivity index (χ4n) is 3.30. The van der Waals surface area contributed by atoms with Gasteiger partial charge in [-0.25, -0.2) is 0 Å². The van der Waals surface area contributed by atoms with E-state index in [4.69, 9.17) is 16.7 Å². The molecule has 30 heavy (non-hydrogen) atoms. The molecule has 0 unspecified atom stereocenters. The maximum absolute atomic E-state index is 12.0. The van der Waals surface area contributed by atoms with Gasteiger partial charge in [-0.2, -0.15) is 0 Å². The van der Waals surface area contributed by atoms with E-state index < -0.39 is 24.5 Å². The van der Waals surface area contributed by atoms with Gasteiger partial charge in [-0.1, -0.05) is 29.8 Å². The van der Waals surface area contributed by atoms with Gasteiger partial charge in [0.15, 0.2) is 0 Å². The van der Waals surface area contributed by atoms with Crippen molar-refractivity contribution >= 4 is 34.4 Å². The number of fused-ring (bicyclic) bond motifs is 1. The first kappa shape index (κ1) is 21.8. The lowest BCUT2D eigenvalue weighted by Gasteiger charge is -2.17. The van der Waals surface area contributed by atoms with Crippen molar-refractivity contribution in [2.75, 3.05) is 13.1 Å². The van der Waals surface area contributed by atoms with E-state index in [9.17, 15) is 14.7 Å². The van der Waals surface area contributed by atoms with Gasteiger partial charge < -0.3 is 25.8 Å². The zero-order chi connectivity index (χ0) is 21.7. The van der Waals surface area contributed by atoms with Crippen LogP contribution >= 0.6 is 11.6 Å². The standard InChI is InChI=1S/C22H24ClN3O4/c1-13(24-11-20(27)14-3-2-4-17(23)8-14)7-16-10-25-19-9-15(5-6-18(16)19)22(30)26-12-21(28)29/h2-6,8-10,13,20,24-25,27H,7,11-12H2,1H3,(H,26,30)(H,28,29)/t13-,20+/m1/s1. The normalized spacial score (nSPS) is 13.2. The van der Waals surface area contributed by atoms with E-state index in [1.165, 1.54) is 0 Å². The van der Waals surface area contributed by atoms with Crippen LogP contribution in [0.25, 0.3) is 10.9 Å². The van der Waals surface area contributed by atoms with Crippen molar-refractivity contribution in [1.82, 2.24) is 15.6 Å². The zero-order valence-electron chi connectivity index (χ0n) is 16.5. The maximum Gasteiger partial charge on any atom is 0.322 e. The van der Waals surface area contributed by atoms with Gasteiger partial charge in [-0.15, -0.1) is 0 Å². The topological polar surface area (TPSA) is 114 Å². The highest BCUT2D eigenvalue weighted by Crippen LogP contribution is 2.22. The van der Waals surface area contributed by atoms with E-state index in [-0.39, 0.29) is 6.04 Å². The van der Waals surface area contributed by atoms with Gasteiger partial charge in [0.05, 0.1) is 6.10 Å². The van der Waals surface area contributed by atoms with Crippen LogP contribution in [-0.4, -0.2) is 46.2 Å². The summed E-state index contributed by atoms with van der Waals surface area (Å²) in [6, 6.07) is 12.5. The van der Waals surface area contributed by atoms with Crippen LogP contribution in [0.3, 0.4) is 0 Å². The predicted molar refractivity (Wildman–Crippen MR) is 116 cm³/mol. The largest absolute Gasteiger partial charge is 0.480 e. The molecule has 0 bridgehead atoms. The second-order valence-corrected chi connectivity index (χ2v) is 7.67. The number of nitrogens with one attached hydrogen (secondary N) is 3. The average molecular weight is 430 g/mol. The lowest BCUT2D eigenvalue weighted by atomic mass is 10.0. The van der Waals surface area contributed by atoms with Crippen LogP contribution in [0.4, 0.5) is 0 Å². The van der Waals surface area contributed by atoms with Crippen molar-refractivity contribution in [3.8, 4) is 0 Å². The number of benzene rings is 2. The third-order valence-corrected chi connectivity index (χ3v) is 5.08. The third kappa shape index (κ3) is 5.60. The predicted octanol–water partition coefficient (Wildman–Crippen LogP) is 2.89.